The van der Waals surface area contributed by atoms with Crippen LogP contribution in [0.1, 0.15) is 29.2 Å². The Kier molecular flexibility index (Phi) is 4.71. The average molecular weight is 355 g/mol. The van der Waals surface area contributed by atoms with E-state index in [4.69, 9.17) is 14.8 Å². The minimum atomic E-state index is 0.618. The second kappa shape index (κ2) is 7.46. The Labute approximate surface area is 159 Å². The predicted molar refractivity (Wildman–Crippen MR) is 110 cm³/mol. The summed E-state index contributed by atoms with van der Waals surface area (Å²) in [6.07, 6.45) is 0. The summed E-state index contributed by atoms with van der Waals surface area (Å²) >= 11 is 0. The van der Waals surface area contributed by atoms with Crippen molar-refractivity contribution >= 4 is 17.2 Å². The Balaban J connectivity index is 1.85. The quantitative estimate of drug-likeness (QED) is 0.729. The first-order valence-electron chi connectivity index (χ1n) is 9.06. The molecule has 3 aromatic carbocycles. The normalized spacial score (nSPS) is 13.0. The van der Waals surface area contributed by atoms with Gasteiger partial charge in [0.15, 0.2) is 5.84 Å². The van der Waals surface area contributed by atoms with Gasteiger partial charge in [0.25, 0.3) is 0 Å². The molecule has 27 heavy (non-hydrogen) atoms. The van der Waals surface area contributed by atoms with Crippen molar-refractivity contribution in [1.29, 1.82) is 0 Å². The van der Waals surface area contributed by atoms with Crippen molar-refractivity contribution in [3.05, 3.63) is 95.1 Å². The fourth-order valence-corrected chi connectivity index (χ4v) is 3.03. The van der Waals surface area contributed by atoms with E-state index in [1.165, 1.54) is 5.56 Å². The number of ether oxygens (including phenoxy) is 1. The van der Waals surface area contributed by atoms with E-state index >= 15 is 0 Å². The maximum Gasteiger partial charge on any atom is 0.154 e. The molecule has 0 spiro atoms. The number of hydrazone groups is 1. The minimum Gasteiger partial charge on any atom is -0.494 e. The first kappa shape index (κ1) is 17.0. The van der Waals surface area contributed by atoms with E-state index in [1.807, 2.05) is 43.3 Å². The van der Waals surface area contributed by atoms with Gasteiger partial charge in [0, 0.05) is 16.7 Å². The average Bonchev–Trinajstić information content (AvgIpc) is 2.89. The molecule has 4 heteroatoms. The van der Waals surface area contributed by atoms with E-state index in [-0.39, 0.29) is 0 Å². The summed E-state index contributed by atoms with van der Waals surface area (Å²) in [5, 5.41) is 4.70. The van der Waals surface area contributed by atoms with Crippen LogP contribution in [0.5, 0.6) is 5.75 Å². The molecule has 3 aromatic rings. The zero-order chi connectivity index (χ0) is 18.6. The third kappa shape index (κ3) is 3.60. The van der Waals surface area contributed by atoms with E-state index in [0.29, 0.717) is 6.61 Å². The predicted octanol–water partition coefficient (Wildman–Crippen LogP) is 4.83. The Morgan fingerprint density at radius 2 is 1.67 bits per heavy atom. The number of nitrogens with one attached hydrogen (secondary N) is 1. The van der Waals surface area contributed by atoms with E-state index in [1.54, 1.807) is 0 Å². The molecule has 0 bridgehead atoms. The van der Waals surface area contributed by atoms with Crippen molar-refractivity contribution in [2.45, 2.75) is 13.8 Å². The largest absolute Gasteiger partial charge is 0.494 e. The highest BCUT2D eigenvalue weighted by atomic mass is 16.5. The van der Waals surface area contributed by atoms with Gasteiger partial charge in [-0.25, -0.2) is 4.99 Å². The standard InChI is InChI=1S/C23H21N3O/c1-3-27-19-13-14-21-20(15-19)22(17-7-5-4-6-8-17)25-26-23(24-21)18-11-9-16(2)10-12-18/h4-15H,3H2,1-2H3,(H,24,26). The van der Waals surface area contributed by atoms with Crippen LogP contribution in [0.25, 0.3) is 0 Å². The van der Waals surface area contributed by atoms with Gasteiger partial charge in [-0.15, -0.1) is 0 Å². The molecule has 0 atom stereocenters. The molecule has 0 saturated carbocycles. The number of aryl methyl sites for hydroxylation is 1. The van der Waals surface area contributed by atoms with Gasteiger partial charge in [-0.3, -0.25) is 5.43 Å². The molecule has 1 N–H and O–H groups in total. The molecule has 1 aliphatic rings. The van der Waals surface area contributed by atoms with Crippen LogP contribution >= 0.6 is 0 Å². The summed E-state index contributed by atoms with van der Waals surface area (Å²) in [6, 6.07) is 24.3. The van der Waals surface area contributed by atoms with Crippen LogP contribution in [0.4, 0.5) is 5.69 Å². The summed E-state index contributed by atoms with van der Waals surface area (Å²) in [7, 11) is 0. The zero-order valence-corrected chi connectivity index (χ0v) is 15.4. The van der Waals surface area contributed by atoms with E-state index in [2.05, 4.69) is 48.7 Å². The minimum absolute atomic E-state index is 0.618. The van der Waals surface area contributed by atoms with Gasteiger partial charge in [-0.05, 0) is 32.0 Å². The third-order valence-corrected chi connectivity index (χ3v) is 4.41. The summed E-state index contributed by atoms with van der Waals surface area (Å²) in [5.41, 5.74) is 9.05. The van der Waals surface area contributed by atoms with Gasteiger partial charge in [-0.1, -0.05) is 60.2 Å². The van der Waals surface area contributed by atoms with E-state index < -0.39 is 0 Å². The fraction of sp³-hybridized carbons (Fsp3) is 0.130. The van der Waals surface area contributed by atoms with Crippen molar-refractivity contribution < 1.29 is 4.74 Å². The van der Waals surface area contributed by atoms with Crippen LogP contribution in [0.2, 0.25) is 0 Å². The molecule has 1 aliphatic heterocycles. The smallest absolute Gasteiger partial charge is 0.154 e. The highest BCUT2D eigenvalue weighted by Gasteiger charge is 2.18. The Morgan fingerprint density at radius 1 is 0.889 bits per heavy atom. The lowest BCUT2D eigenvalue weighted by molar-refractivity contribution is 0.340. The number of rotatable bonds is 4. The Hall–Kier alpha value is -3.40. The van der Waals surface area contributed by atoms with E-state index in [9.17, 15) is 0 Å². The monoisotopic (exact) mass is 355 g/mol. The molecular weight excluding hydrogens is 334 g/mol. The maximum atomic E-state index is 5.70. The van der Waals surface area contributed by atoms with Gasteiger partial charge in [0.2, 0.25) is 0 Å². The van der Waals surface area contributed by atoms with Crippen LogP contribution in [0.15, 0.2) is 82.9 Å². The molecule has 4 rings (SSSR count). The lowest BCUT2D eigenvalue weighted by Crippen LogP contribution is -2.19. The Morgan fingerprint density at radius 3 is 2.41 bits per heavy atom. The van der Waals surface area contributed by atoms with Crippen LogP contribution in [0, 0.1) is 6.92 Å². The van der Waals surface area contributed by atoms with E-state index in [0.717, 1.165) is 39.7 Å². The van der Waals surface area contributed by atoms with Crippen molar-refractivity contribution in [2.24, 2.45) is 10.1 Å². The number of benzene rings is 3. The van der Waals surface area contributed by atoms with Crippen LogP contribution < -0.4 is 10.2 Å². The first-order valence-corrected chi connectivity index (χ1v) is 9.06. The Bertz CT molecular complexity index is 1010. The van der Waals surface area contributed by atoms with Gasteiger partial charge < -0.3 is 4.74 Å². The highest BCUT2D eigenvalue weighted by molar-refractivity contribution is 6.18. The van der Waals surface area contributed by atoms with Gasteiger partial charge in [-0.2, -0.15) is 5.10 Å². The molecule has 0 radical (unpaired) electrons. The molecule has 134 valence electrons. The highest BCUT2D eigenvalue weighted by Crippen LogP contribution is 2.29. The number of fused-ring (bicyclic) bond motifs is 1. The second-order valence-corrected chi connectivity index (χ2v) is 6.38. The van der Waals surface area contributed by atoms with Crippen LogP contribution in [-0.2, 0) is 0 Å². The van der Waals surface area contributed by atoms with Gasteiger partial charge >= 0.3 is 0 Å². The molecule has 0 unspecified atom stereocenters. The molecule has 1 heterocycles. The number of amidine groups is 1. The lowest BCUT2D eigenvalue weighted by Gasteiger charge is -2.10. The van der Waals surface area contributed by atoms with Gasteiger partial charge in [0.05, 0.1) is 12.3 Å². The van der Waals surface area contributed by atoms with Crippen LogP contribution in [-0.4, -0.2) is 18.2 Å². The summed E-state index contributed by atoms with van der Waals surface area (Å²) < 4.78 is 5.70. The second-order valence-electron chi connectivity index (χ2n) is 6.38. The lowest BCUT2D eigenvalue weighted by atomic mass is 10.0. The first-order chi connectivity index (χ1) is 13.2. The number of hydrogen-bond acceptors (Lipinski definition) is 4. The molecule has 4 nitrogen and oxygen atoms in total. The zero-order valence-electron chi connectivity index (χ0n) is 15.4. The van der Waals surface area contributed by atoms with Crippen molar-refractivity contribution in [1.82, 2.24) is 5.43 Å². The molecule has 0 aromatic heterocycles. The molecule has 0 amide bonds. The van der Waals surface area contributed by atoms with Crippen molar-refractivity contribution in [3.63, 3.8) is 0 Å². The summed E-state index contributed by atoms with van der Waals surface area (Å²) in [6.45, 7) is 4.67. The molecule has 0 aliphatic carbocycles. The van der Waals surface area contributed by atoms with Crippen molar-refractivity contribution in [3.8, 4) is 5.75 Å². The number of hydrogen-bond donors (Lipinski definition) is 1. The van der Waals surface area contributed by atoms with Crippen LogP contribution in [0.3, 0.4) is 0 Å². The van der Waals surface area contributed by atoms with Gasteiger partial charge in [0.1, 0.15) is 11.5 Å². The maximum absolute atomic E-state index is 5.70. The molecule has 0 saturated heterocycles. The number of nitrogens with zero attached hydrogens (tertiary/aromatic N) is 2. The SMILES string of the molecule is CCOc1ccc2c(c1)C(c1ccccc1)=NNC(c1ccc(C)cc1)=N2. The third-order valence-electron chi connectivity index (χ3n) is 4.41. The topological polar surface area (TPSA) is 46.0 Å². The fourth-order valence-electron chi connectivity index (χ4n) is 3.03. The summed E-state index contributed by atoms with van der Waals surface area (Å²) in [5.74, 6) is 1.54. The number of aliphatic imine (C=N–C) groups is 1. The molecular formula is C23H21N3O. The van der Waals surface area contributed by atoms with Crippen molar-refractivity contribution in [2.75, 3.05) is 6.61 Å². The molecule has 0 fully saturated rings. The summed E-state index contributed by atoms with van der Waals surface area (Å²) in [4.78, 5) is 4.85.